The van der Waals surface area contributed by atoms with Gasteiger partial charge in [0.1, 0.15) is 17.1 Å². The smallest absolute Gasteiger partial charge is 0.317 e. The van der Waals surface area contributed by atoms with Gasteiger partial charge in [-0.15, -0.1) is 0 Å². The van der Waals surface area contributed by atoms with E-state index in [-0.39, 0.29) is 6.03 Å². The third kappa shape index (κ3) is 4.44. The van der Waals surface area contributed by atoms with Gasteiger partial charge < -0.3 is 19.4 Å². The predicted octanol–water partition coefficient (Wildman–Crippen LogP) is 4.35. The molecule has 0 radical (unpaired) electrons. The summed E-state index contributed by atoms with van der Waals surface area (Å²) >= 11 is 0. The van der Waals surface area contributed by atoms with Crippen LogP contribution in [0.15, 0.2) is 52.9 Å². The minimum absolute atomic E-state index is 0.0342. The molecule has 2 aromatic carbocycles. The maximum atomic E-state index is 12.1. The second kappa shape index (κ2) is 9.22. The zero-order valence-electron chi connectivity index (χ0n) is 17.7. The van der Waals surface area contributed by atoms with Crippen LogP contribution in [0.1, 0.15) is 19.1 Å². The Hall–Kier alpha value is -2.99. The molecule has 4 rings (SSSR count). The number of methoxy groups -OCH3 is 1. The van der Waals surface area contributed by atoms with E-state index in [0.29, 0.717) is 6.54 Å². The Balaban J connectivity index is 1.47. The number of fused-ring (bicyclic) bond motifs is 1. The lowest BCUT2D eigenvalue weighted by atomic mass is 10.0. The summed E-state index contributed by atoms with van der Waals surface area (Å²) in [5.41, 5.74) is 3.07. The molecule has 1 fully saturated rings. The Labute approximate surface area is 177 Å². The highest BCUT2D eigenvalue weighted by Crippen LogP contribution is 2.32. The van der Waals surface area contributed by atoms with E-state index < -0.39 is 0 Å². The van der Waals surface area contributed by atoms with Crippen LogP contribution in [0.25, 0.3) is 22.1 Å². The van der Waals surface area contributed by atoms with E-state index in [1.165, 1.54) is 0 Å². The molecule has 2 amide bonds. The topological polar surface area (TPSA) is 58.0 Å². The number of benzene rings is 2. The van der Waals surface area contributed by atoms with Crippen LogP contribution in [0.3, 0.4) is 0 Å². The fourth-order valence-corrected chi connectivity index (χ4v) is 4.04. The maximum absolute atomic E-state index is 12.1. The normalized spacial score (nSPS) is 15.2. The fraction of sp³-hybridized carbons (Fsp3) is 0.375. The summed E-state index contributed by atoms with van der Waals surface area (Å²) in [4.78, 5) is 16.4. The van der Waals surface area contributed by atoms with Crippen molar-refractivity contribution < 1.29 is 13.9 Å². The van der Waals surface area contributed by atoms with Gasteiger partial charge in [0.05, 0.1) is 13.7 Å². The first-order chi connectivity index (χ1) is 14.7. The van der Waals surface area contributed by atoms with Crippen LogP contribution >= 0.6 is 0 Å². The third-order valence-corrected chi connectivity index (χ3v) is 5.57. The first-order valence-electron chi connectivity index (χ1n) is 10.6. The van der Waals surface area contributed by atoms with Gasteiger partial charge in [-0.1, -0.05) is 24.3 Å². The van der Waals surface area contributed by atoms with Crippen molar-refractivity contribution in [2.24, 2.45) is 0 Å². The SMILES string of the molecule is CCNC(=O)N1CCCN(Cc2cc3cc(-c4ccccc4OC)ccc3o2)CC1. The summed E-state index contributed by atoms with van der Waals surface area (Å²) < 4.78 is 11.6. The van der Waals surface area contributed by atoms with Crippen LogP contribution in [0.2, 0.25) is 0 Å². The van der Waals surface area contributed by atoms with Crippen LogP contribution in [0.4, 0.5) is 4.79 Å². The van der Waals surface area contributed by atoms with Gasteiger partial charge in [-0.3, -0.25) is 4.90 Å². The van der Waals surface area contributed by atoms with E-state index in [9.17, 15) is 4.79 Å². The molecule has 6 heteroatoms. The minimum Gasteiger partial charge on any atom is -0.496 e. The Morgan fingerprint density at radius 3 is 2.80 bits per heavy atom. The molecular weight excluding hydrogens is 378 g/mol. The standard InChI is InChI=1S/C24H29N3O3/c1-3-25-24(28)27-12-6-11-26(13-14-27)17-20-16-19-15-18(9-10-22(19)30-20)21-7-4-5-8-23(21)29-2/h4-5,7-10,15-16H,3,6,11-14,17H2,1-2H3,(H,25,28). The van der Waals surface area contributed by atoms with Crippen molar-refractivity contribution in [2.45, 2.75) is 19.9 Å². The van der Waals surface area contributed by atoms with Gasteiger partial charge >= 0.3 is 6.03 Å². The average molecular weight is 408 g/mol. The summed E-state index contributed by atoms with van der Waals surface area (Å²) in [7, 11) is 1.70. The number of para-hydroxylation sites is 1. The number of ether oxygens (including phenoxy) is 1. The van der Waals surface area contributed by atoms with Crippen LogP contribution in [0.5, 0.6) is 5.75 Å². The third-order valence-electron chi connectivity index (χ3n) is 5.57. The number of hydrogen-bond acceptors (Lipinski definition) is 4. The van der Waals surface area contributed by atoms with Gasteiger partial charge in [0.15, 0.2) is 0 Å². The number of carbonyl (C=O) groups excluding carboxylic acids is 1. The number of nitrogens with zero attached hydrogens (tertiary/aromatic N) is 2. The molecule has 0 saturated carbocycles. The Kier molecular flexibility index (Phi) is 6.23. The molecule has 2 heterocycles. The Bertz CT molecular complexity index is 1010. The second-order valence-electron chi connectivity index (χ2n) is 7.62. The summed E-state index contributed by atoms with van der Waals surface area (Å²) in [6.45, 7) is 6.70. The molecule has 158 valence electrons. The molecule has 0 aliphatic carbocycles. The van der Waals surface area contributed by atoms with E-state index in [2.05, 4.69) is 34.5 Å². The number of nitrogens with one attached hydrogen (secondary N) is 1. The lowest BCUT2D eigenvalue weighted by Gasteiger charge is -2.21. The maximum Gasteiger partial charge on any atom is 0.317 e. The zero-order valence-corrected chi connectivity index (χ0v) is 17.7. The molecule has 1 N–H and O–H groups in total. The van der Waals surface area contributed by atoms with E-state index in [1.54, 1.807) is 7.11 Å². The number of hydrogen-bond donors (Lipinski definition) is 1. The molecule has 3 aromatic rings. The molecule has 0 spiro atoms. The Morgan fingerprint density at radius 2 is 1.97 bits per heavy atom. The van der Waals surface area contributed by atoms with Crippen LogP contribution < -0.4 is 10.1 Å². The fourth-order valence-electron chi connectivity index (χ4n) is 4.04. The van der Waals surface area contributed by atoms with E-state index >= 15 is 0 Å². The largest absolute Gasteiger partial charge is 0.496 e. The Morgan fingerprint density at radius 1 is 1.10 bits per heavy atom. The first-order valence-corrected chi connectivity index (χ1v) is 10.6. The summed E-state index contributed by atoms with van der Waals surface area (Å²) in [5.74, 6) is 1.82. The molecule has 0 bridgehead atoms. The number of urea groups is 1. The van der Waals surface area contributed by atoms with Crippen molar-refractivity contribution in [2.75, 3.05) is 39.8 Å². The van der Waals surface area contributed by atoms with Crippen molar-refractivity contribution >= 4 is 17.0 Å². The van der Waals surface area contributed by atoms with Crippen molar-refractivity contribution in [3.8, 4) is 16.9 Å². The molecular formula is C24H29N3O3. The van der Waals surface area contributed by atoms with Crippen LogP contribution in [0, 0.1) is 0 Å². The predicted molar refractivity (Wildman–Crippen MR) is 119 cm³/mol. The molecule has 0 unspecified atom stereocenters. The first kappa shape index (κ1) is 20.3. The molecule has 1 aliphatic heterocycles. The average Bonchev–Trinajstić information content (AvgIpc) is 3.01. The quantitative estimate of drug-likeness (QED) is 0.683. The second-order valence-corrected chi connectivity index (χ2v) is 7.62. The van der Waals surface area contributed by atoms with E-state index in [0.717, 1.165) is 72.8 Å². The summed E-state index contributed by atoms with van der Waals surface area (Å²) in [6.07, 6.45) is 0.968. The minimum atomic E-state index is 0.0342. The highest BCUT2D eigenvalue weighted by atomic mass is 16.5. The lowest BCUT2D eigenvalue weighted by Crippen LogP contribution is -2.41. The van der Waals surface area contributed by atoms with Gasteiger partial charge in [-0.25, -0.2) is 4.79 Å². The molecule has 1 aromatic heterocycles. The number of rotatable bonds is 5. The number of amides is 2. The number of furan rings is 1. The highest BCUT2D eigenvalue weighted by Gasteiger charge is 2.19. The summed E-state index contributed by atoms with van der Waals surface area (Å²) in [5, 5.41) is 3.98. The van der Waals surface area contributed by atoms with Gasteiger partial charge in [0.25, 0.3) is 0 Å². The molecule has 1 aliphatic rings. The summed E-state index contributed by atoms with van der Waals surface area (Å²) in [6, 6.07) is 16.5. The number of carbonyl (C=O) groups is 1. The monoisotopic (exact) mass is 407 g/mol. The van der Waals surface area contributed by atoms with Crippen molar-refractivity contribution in [1.29, 1.82) is 0 Å². The van der Waals surface area contributed by atoms with Crippen LogP contribution in [-0.4, -0.2) is 55.7 Å². The highest BCUT2D eigenvalue weighted by molar-refractivity contribution is 5.85. The van der Waals surface area contributed by atoms with Gasteiger partial charge in [-0.05, 0) is 43.2 Å². The van der Waals surface area contributed by atoms with Crippen molar-refractivity contribution in [3.63, 3.8) is 0 Å². The molecule has 0 atom stereocenters. The van der Waals surface area contributed by atoms with Crippen LogP contribution in [-0.2, 0) is 6.54 Å². The van der Waals surface area contributed by atoms with E-state index in [1.807, 2.05) is 36.1 Å². The van der Waals surface area contributed by atoms with Crippen molar-refractivity contribution in [3.05, 3.63) is 54.3 Å². The van der Waals surface area contributed by atoms with Gasteiger partial charge in [0, 0.05) is 43.7 Å². The van der Waals surface area contributed by atoms with E-state index in [4.69, 9.17) is 9.15 Å². The lowest BCUT2D eigenvalue weighted by molar-refractivity contribution is 0.197. The zero-order chi connectivity index (χ0) is 20.9. The molecule has 1 saturated heterocycles. The molecule has 6 nitrogen and oxygen atoms in total. The van der Waals surface area contributed by atoms with Gasteiger partial charge in [-0.2, -0.15) is 0 Å². The van der Waals surface area contributed by atoms with Crippen molar-refractivity contribution in [1.82, 2.24) is 15.1 Å². The molecule has 30 heavy (non-hydrogen) atoms. The van der Waals surface area contributed by atoms with Gasteiger partial charge in [0.2, 0.25) is 0 Å².